The molecule has 2 atom stereocenters. The number of benzene rings is 1. The van der Waals surface area contributed by atoms with Crippen LogP contribution in [0.25, 0.3) is 0 Å². The van der Waals surface area contributed by atoms with Gasteiger partial charge in [0.25, 0.3) is 0 Å². The number of halogens is 5. The molecule has 4 amide bonds. The van der Waals surface area contributed by atoms with Crippen molar-refractivity contribution in [3.05, 3.63) is 34.6 Å². The molecule has 1 aromatic carbocycles. The molecule has 6 N–H and O–H groups in total. The second-order valence-electron chi connectivity index (χ2n) is 8.64. The van der Waals surface area contributed by atoms with Crippen LogP contribution < -0.4 is 21.7 Å². The molecule has 0 aliphatic heterocycles. The zero-order chi connectivity index (χ0) is 27.8. The lowest BCUT2D eigenvalue weighted by Gasteiger charge is -2.25. The first kappa shape index (κ1) is 30.4. The number of amides is 4. The highest BCUT2D eigenvalue weighted by atomic mass is 19.2. The van der Waals surface area contributed by atoms with Crippen molar-refractivity contribution < 1.29 is 51.0 Å². The molecule has 0 heterocycles. The minimum Gasteiger partial charge on any atom is -0.465 e. The van der Waals surface area contributed by atoms with E-state index in [9.17, 15) is 41.1 Å². The van der Waals surface area contributed by atoms with Gasteiger partial charge in [0, 0.05) is 18.5 Å². The summed E-state index contributed by atoms with van der Waals surface area (Å²) in [6, 6.07) is -3.30. The highest BCUT2D eigenvalue weighted by molar-refractivity contribution is 5.91. The number of alkyl carbamates (subject to hydrolysis) is 1. The highest BCUT2D eigenvalue weighted by Gasteiger charge is 2.32. The van der Waals surface area contributed by atoms with Crippen molar-refractivity contribution in [1.82, 2.24) is 16.0 Å². The molecule has 0 saturated carbocycles. The van der Waals surface area contributed by atoms with Crippen molar-refractivity contribution in [1.29, 1.82) is 0 Å². The Morgan fingerprint density at radius 2 is 1.42 bits per heavy atom. The molecule has 1 aromatic rings. The van der Waals surface area contributed by atoms with E-state index < -0.39 is 82.8 Å². The number of nitrogens with two attached hydrogens (primary N) is 1. The summed E-state index contributed by atoms with van der Waals surface area (Å²) in [6.45, 7) is 4.44. The van der Waals surface area contributed by atoms with Crippen molar-refractivity contribution >= 4 is 24.0 Å². The van der Waals surface area contributed by atoms with Gasteiger partial charge in [-0.05, 0) is 40.0 Å². The Kier molecular flexibility index (Phi) is 10.9. The number of hydrogen-bond acceptors (Lipinski definition) is 5. The number of hydrogen-bond donors (Lipinski definition) is 5. The van der Waals surface area contributed by atoms with Crippen LogP contribution in [0.15, 0.2) is 0 Å². The van der Waals surface area contributed by atoms with E-state index in [1.807, 2.05) is 5.32 Å². The van der Waals surface area contributed by atoms with Gasteiger partial charge in [0.05, 0.1) is 0 Å². The van der Waals surface area contributed by atoms with Gasteiger partial charge < -0.3 is 31.5 Å². The largest absolute Gasteiger partial charge is 0.465 e. The zero-order valence-corrected chi connectivity index (χ0v) is 19.6. The Balaban J connectivity index is 3.15. The van der Waals surface area contributed by atoms with Gasteiger partial charge in [-0.25, -0.2) is 31.5 Å². The Morgan fingerprint density at radius 3 is 1.89 bits per heavy atom. The van der Waals surface area contributed by atoms with Crippen LogP contribution in [0.4, 0.5) is 31.5 Å². The number of nitrogens with one attached hydrogen (secondary N) is 3. The van der Waals surface area contributed by atoms with Gasteiger partial charge in [-0.15, -0.1) is 0 Å². The smallest absolute Gasteiger partial charge is 0.408 e. The SMILES string of the molecule is CC(C)(C)OC(=O)N[C@@H](Cc1c(F)c(F)c(F)c(F)c1F)C(=O)N[C@@H](CCCCNC(=O)O)C(N)=O. The first-order valence-corrected chi connectivity index (χ1v) is 10.6. The third kappa shape index (κ3) is 9.19. The molecule has 0 aliphatic carbocycles. The molecule has 0 spiro atoms. The molecular formula is C21H27F5N4O6. The number of carboxylic acid groups (broad SMARTS) is 1. The number of carbonyl (C=O) groups excluding carboxylic acids is 3. The van der Waals surface area contributed by atoms with E-state index >= 15 is 0 Å². The van der Waals surface area contributed by atoms with Crippen LogP contribution >= 0.6 is 0 Å². The first-order valence-electron chi connectivity index (χ1n) is 10.6. The molecule has 0 saturated heterocycles. The molecule has 10 nitrogen and oxygen atoms in total. The fraction of sp³-hybridized carbons (Fsp3) is 0.524. The maximum atomic E-state index is 14.2. The van der Waals surface area contributed by atoms with Gasteiger partial charge in [0.2, 0.25) is 17.6 Å². The molecular weight excluding hydrogens is 499 g/mol. The number of rotatable bonds is 11. The van der Waals surface area contributed by atoms with Gasteiger partial charge in [0.15, 0.2) is 23.3 Å². The van der Waals surface area contributed by atoms with Gasteiger partial charge in [-0.1, -0.05) is 0 Å². The average Bonchev–Trinajstić information content (AvgIpc) is 2.75. The van der Waals surface area contributed by atoms with E-state index in [0.717, 1.165) is 0 Å². The Labute approximate surface area is 202 Å². The standard InChI is InChI=1S/C21H27F5N4O6/c1-21(2,3)36-20(35)30-11(8-9-12(22)14(24)16(26)15(25)13(9)23)18(32)29-10(17(27)31)6-4-5-7-28-19(33)34/h10-11,28H,4-8H2,1-3H3,(H2,27,31)(H,29,32)(H,30,35)(H,33,34)/t10-,11-/m0/s1. The lowest BCUT2D eigenvalue weighted by molar-refractivity contribution is -0.128. The van der Waals surface area contributed by atoms with Crippen LogP contribution in [0, 0.1) is 29.1 Å². The van der Waals surface area contributed by atoms with Crippen molar-refractivity contribution in [2.45, 2.75) is 64.1 Å². The van der Waals surface area contributed by atoms with Crippen LogP contribution in [-0.4, -0.2) is 53.3 Å². The molecule has 0 aliphatic rings. The van der Waals surface area contributed by atoms with E-state index in [0.29, 0.717) is 0 Å². The predicted molar refractivity (Wildman–Crippen MR) is 114 cm³/mol. The number of unbranched alkanes of at least 4 members (excludes halogenated alkanes) is 1. The van der Waals surface area contributed by atoms with Crippen LogP contribution in [0.3, 0.4) is 0 Å². The van der Waals surface area contributed by atoms with Crippen molar-refractivity contribution in [2.24, 2.45) is 5.73 Å². The molecule has 1 rings (SSSR count). The quantitative estimate of drug-likeness (QED) is 0.129. The zero-order valence-electron chi connectivity index (χ0n) is 19.6. The fourth-order valence-corrected chi connectivity index (χ4v) is 2.92. The normalized spacial score (nSPS) is 12.9. The summed E-state index contributed by atoms with van der Waals surface area (Å²) in [4.78, 5) is 47.2. The van der Waals surface area contributed by atoms with Crippen LogP contribution in [0.2, 0.25) is 0 Å². The third-order valence-corrected chi connectivity index (χ3v) is 4.57. The third-order valence-electron chi connectivity index (χ3n) is 4.57. The summed E-state index contributed by atoms with van der Waals surface area (Å²) in [5.41, 5.74) is 2.80. The minimum absolute atomic E-state index is 0.0395. The Bertz CT molecular complexity index is 973. The monoisotopic (exact) mass is 526 g/mol. The lowest BCUT2D eigenvalue weighted by Crippen LogP contribution is -2.54. The van der Waals surface area contributed by atoms with Gasteiger partial charge >= 0.3 is 12.2 Å². The second-order valence-corrected chi connectivity index (χ2v) is 8.64. The van der Waals surface area contributed by atoms with E-state index in [1.165, 1.54) is 20.8 Å². The van der Waals surface area contributed by atoms with Crippen LogP contribution in [0.5, 0.6) is 0 Å². The summed E-state index contributed by atoms with van der Waals surface area (Å²) in [6.07, 6.45) is -3.32. The Morgan fingerprint density at radius 1 is 0.889 bits per heavy atom. The van der Waals surface area contributed by atoms with Crippen molar-refractivity contribution in [3.63, 3.8) is 0 Å². The predicted octanol–water partition coefficient (Wildman–Crippen LogP) is 2.23. The molecule has 202 valence electrons. The number of primary amides is 1. The summed E-state index contributed by atoms with van der Waals surface area (Å²) >= 11 is 0. The lowest BCUT2D eigenvalue weighted by atomic mass is 10.0. The topological polar surface area (TPSA) is 160 Å². The maximum absolute atomic E-state index is 14.2. The average molecular weight is 526 g/mol. The summed E-state index contributed by atoms with van der Waals surface area (Å²) in [7, 11) is 0. The first-order chi connectivity index (χ1) is 16.5. The summed E-state index contributed by atoms with van der Waals surface area (Å²) < 4.78 is 74.0. The minimum atomic E-state index is -2.40. The number of carbonyl (C=O) groups is 4. The van der Waals surface area contributed by atoms with E-state index in [4.69, 9.17) is 15.6 Å². The summed E-state index contributed by atoms with van der Waals surface area (Å²) in [5, 5.41) is 14.8. The van der Waals surface area contributed by atoms with Gasteiger partial charge in [0.1, 0.15) is 17.7 Å². The summed E-state index contributed by atoms with van der Waals surface area (Å²) in [5.74, 6) is -13.5. The Hall–Kier alpha value is -3.65. The fourth-order valence-electron chi connectivity index (χ4n) is 2.92. The van der Waals surface area contributed by atoms with E-state index in [1.54, 1.807) is 0 Å². The highest BCUT2D eigenvalue weighted by Crippen LogP contribution is 2.24. The number of ether oxygens (including phenoxy) is 1. The molecule has 36 heavy (non-hydrogen) atoms. The maximum Gasteiger partial charge on any atom is 0.408 e. The van der Waals surface area contributed by atoms with Gasteiger partial charge in [-0.2, -0.15) is 0 Å². The van der Waals surface area contributed by atoms with E-state index in [-0.39, 0.29) is 25.8 Å². The molecule has 0 unspecified atom stereocenters. The van der Waals surface area contributed by atoms with Crippen molar-refractivity contribution in [3.8, 4) is 0 Å². The van der Waals surface area contributed by atoms with Crippen LogP contribution in [-0.2, 0) is 20.7 Å². The van der Waals surface area contributed by atoms with Gasteiger partial charge in [-0.3, -0.25) is 9.59 Å². The van der Waals surface area contributed by atoms with E-state index in [2.05, 4.69) is 10.6 Å². The van der Waals surface area contributed by atoms with Crippen LogP contribution in [0.1, 0.15) is 45.6 Å². The molecule has 0 aromatic heterocycles. The molecule has 0 radical (unpaired) electrons. The molecule has 0 fully saturated rings. The second kappa shape index (κ2) is 12.9. The molecule has 0 bridgehead atoms. The molecule has 15 heteroatoms. The van der Waals surface area contributed by atoms with Crippen molar-refractivity contribution in [2.75, 3.05) is 6.54 Å².